The number of aromatic nitrogens is 1. The SMILES string of the molecule is O=C(O)C1CCCCCN1C(=O)c1cncc(F)c1. The van der Waals surface area contributed by atoms with Crippen LogP contribution in [0.15, 0.2) is 18.5 Å². The second-order valence-electron chi connectivity index (χ2n) is 4.59. The smallest absolute Gasteiger partial charge is 0.326 e. The fourth-order valence-corrected chi connectivity index (χ4v) is 2.30. The van der Waals surface area contributed by atoms with Crippen LogP contribution in [-0.2, 0) is 4.79 Å². The standard InChI is InChI=1S/C13H15FN2O3/c14-10-6-9(7-15-8-10)12(17)16-5-3-1-2-4-11(16)13(18)19/h6-8,11H,1-5H2,(H,18,19). The van der Waals surface area contributed by atoms with Gasteiger partial charge in [0.05, 0.1) is 11.8 Å². The molecule has 1 aliphatic rings. The fourth-order valence-electron chi connectivity index (χ4n) is 2.30. The Balaban J connectivity index is 2.26. The fraction of sp³-hybridized carbons (Fsp3) is 0.462. The van der Waals surface area contributed by atoms with E-state index >= 15 is 0 Å². The summed E-state index contributed by atoms with van der Waals surface area (Å²) in [6.07, 6.45) is 5.14. The number of hydrogen-bond acceptors (Lipinski definition) is 3. The summed E-state index contributed by atoms with van der Waals surface area (Å²) < 4.78 is 13.1. The zero-order valence-electron chi connectivity index (χ0n) is 10.4. The number of carbonyl (C=O) groups is 2. The van der Waals surface area contributed by atoms with Crippen molar-refractivity contribution in [2.75, 3.05) is 6.54 Å². The third kappa shape index (κ3) is 3.07. The quantitative estimate of drug-likeness (QED) is 0.884. The molecule has 1 N–H and O–H groups in total. The number of aliphatic carboxylic acids is 1. The summed E-state index contributed by atoms with van der Waals surface area (Å²) in [5, 5.41) is 9.20. The number of carboxylic acid groups (broad SMARTS) is 1. The normalized spacial score (nSPS) is 19.8. The first kappa shape index (κ1) is 13.5. The lowest BCUT2D eigenvalue weighted by Gasteiger charge is -2.26. The number of carboxylic acids is 1. The molecule has 1 aromatic rings. The van der Waals surface area contributed by atoms with Crippen molar-refractivity contribution in [3.8, 4) is 0 Å². The van der Waals surface area contributed by atoms with Gasteiger partial charge in [0.25, 0.3) is 5.91 Å². The molecule has 6 heteroatoms. The van der Waals surface area contributed by atoms with Gasteiger partial charge < -0.3 is 10.0 Å². The summed E-state index contributed by atoms with van der Waals surface area (Å²) in [6.45, 7) is 0.381. The Labute approximate surface area is 110 Å². The molecule has 1 aliphatic heterocycles. The summed E-state index contributed by atoms with van der Waals surface area (Å²) in [5.41, 5.74) is 0.0909. The van der Waals surface area contributed by atoms with Crippen molar-refractivity contribution in [3.63, 3.8) is 0 Å². The van der Waals surface area contributed by atoms with Crippen LogP contribution in [0, 0.1) is 5.82 Å². The van der Waals surface area contributed by atoms with E-state index in [4.69, 9.17) is 0 Å². The zero-order chi connectivity index (χ0) is 13.8. The summed E-state index contributed by atoms with van der Waals surface area (Å²) in [5.74, 6) is -2.09. The molecule has 2 heterocycles. The minimum atomic E-state index is -1.01. The Morgan fingerprint density at radius 1 is 1.32 bits per heavy atom. The van der Waals surface area contributed by atoms with Crippen LogP contribution in [-0.4, -0.2) is 39.5 Å². The number of pyridine rings is 1. The summed E-state index contributed by atoms with van der Waals surface area (Å²) >= 11 is 0. The van der Waals surface area contributed by atoms with Crippen LogP contribution in [0.4, 0.5) is 4.39 Å². The largest absolute Gasteiger partial charge is 0.480 e. The topological polar surface area (TPSA) is 70.5 Å². The van der Waals surface area contributed by atoms with Crippen molar-refractivity contribution in [1.29, 1.82) is 0 Å². The first-order chi connectivity index (χ1) is 9.09. The van der Waals surface area contributed by atoms with E-state index in [2.05, 4.69) is 4.98 Å². The Morgan fingerprint density at radius 2 is 2.11 bits per heavy atom. The van der Waals surface area contributed by atoms with Crippen molar-refractivity contribution in [2.24, 2.45) is 0 Å². The van der Waals surface area contributed by atoms with Gasteiger partial charge in [0.15, 0.2) is 0 Å². The molecule has 1 atom stereocenters. The first-order valence-corrected chi connectivity index (χ1v) is 6.24. The number of amides is 1. The highest BCUT2D eigenvalue weighted by Gasteiger charge is 2.31. The van der Waals surface area contributed by atoms with E-state index in [1.54, 1.807) is 0 Å². The van der Waals surface area contributed by atoms with E-state index in [1.165, 1.54) is 11.1 Å². The summed E-state index contributed by atoms with van der Waals surface area (Å²) in [7, 11) is 0. The van der Waals surface area contributed by atoms with E-state index in [0.29, 0.717) is 13.0 Å². The third-order valence-electron chi connectivity index (χ3n) is 3.25. The monoisotopic (exact) mass is 266 g/mol. The maximum absolute atomic E-state index is 13.1. The molecule has 0 radical (unpaired) electrons. The second-order valence-corrected chi connectivity index (χ2v) is 4.59. The van der Waals surface area contributed by atoms with Crippen molar-refractivity contribution in [1.82, 2.24) is 9.88 Å². The predicted octanol–water partition coefficient (Wildman–Crippen LogP) is 1.69. The van der Waals surface area contributed by atoms with Gasteiger partial charge in [-0.15, -0.1) is 0 Å². The van der Waals surface area contributed by atoms with E-state index in [0.717, 1.165) is 31.5 Å². The van der Waals surface area contributed by atoms with Gasteiger partial charge in [-0.05, 0) is 18.9 Å². The van der Waals surface area contributed by atoms with Crippen molar-refractivity contribution < 1.29 is 19.1 Å². The minimum Gasteiger partial charge on any atom is -0.480 e. The molecule has 2 rings (SSSR count). The number of rotatable bonds is 2. The molecule has 0 bridgehead atoms. The van der Waals surface area contributed by atoms with E-state index in [-0.39, 0.29) is 5.56 Å². The third-order valence-corrected chi connectivity index (χ3v) is 3.25. The van der Waals surface area contributed by atoms with Gasteiger partial charge in [-0.2, -0.15) is 0 Å². The highest BCUT2D eigenvalue weighted by Crippen LogP contribution is 2.19. The number of nitrogens with zero attached hydrogens (tertiary/aromatic N) is 2. The zero-order valence-corrected chi connectivity index (χ0v) is 10.4. The second kappa shape index (κ2) is 5.77. The van der Waals surface area contributed by atoms with Gasteiger partial charge in [-0.1, -0.05) is 12.8 Å². The molecule has 0 saturated carbocycles. The highest BCUT2D eigenvalue weighted by molar-refractivity contribution is 5.96. The lowest BCUT2D eigenvalue weighted by atomic mass is 10.1. The molecule has 19 heavy (non-hydrogen) atoms. The van der Waals surface area contributed by atoms with E-state index in [1.807, 2.05) is 0 Å². The van der Waals surface area contributed by atoms with Gasteiger partial charge in [0.2, 0.25) is 0 Å². The molecule has 1 unspecified atom stereocenters. The average Bonchev–Trinajstić information content (AvgIpc) is 2.63. The molecular formula is C13H15FN2O3. The van der Waals surface area contributed by atoms with Crippen molar-refractivity contribution >= 4 is 11.9 Å². The molecule has 0 aliphatic carbocycles. The maximum Gasteiger partial charge on any atom is 0.326 e. The Bertz CT molecular complexity index is 493. The van der Waals surface area contributed by atoms with Gasteiger partial charge in [0, 0.05) is 12.7 Å². The minimum absolute atomic E-state index is 0.0909. The van der Waals surface area contributed by atoms with E-state index in [9.17, 15) is 19.1 Å². The highest BCUT2D eigenvalue weighted by atomic mass is 19.1. The van der Waals surface area contributed by atoms with E-state index < -0.39 is 23.7 Å². The number of hydrogen-bond donors (Lipinski definition) is 1. The molecule has 102 valence electrons. The van der Waals surface area contributed by atoms with Gasteiger partial charge in [0.1, 0.15) is 11.9 Å². The van der Waals surface area contributed by atoms with Crippen LogP contribution in [0.2, 0.25) is 0 Å². The Kier molecular flexibility index (Phi) is 4.09. The van der Waals surface area contributed by atoms with Gasteiger partial charge in [-0.3, -0.25) is 9.78 Å². The van der Waals surface area contributed by atoms with Crippen LogP contribution < -0.4 is 0 Å². The molecule has 1 fully saturated rings. The summed E-state index contributed by atoms with van der Waals surface area (Å²) in [4.78, 5) is 28.4. The van der Waals surface area contributed by atoms with Crippen LogP contribution >= 0.6 is 0 Å². The number of halogens is 1. The Morgan fingerprint density at radius 3 is 2.79 bits per heavy atom. The van der Waals surface area contributed by atoms with Gasteiger partial charge in [-0.25, -0.2) is 9.18 Å². The summed E-state index contributed by atoms with van der Waals surface area (Å²) in [6, 6.07) is 0.248. The molecule has 0 aromatic carbocycles. The van der Waals surface area contributed by atoms with Crippen LogP contribution in [0.5, 0.6) is 0 Å². The first-order valence-electron chi connectivity index (χ1n) is 6.24. The lowest BCUT2D eigenvalue weighted by molar-refractivity contribution is -0.142. The van der Waals surface area contributed by atoms with Crippen molar-refractivity contribution in [2.45, 2.75) is 31.7 Å². The maximum atomic E-state index is 13.1. The number of likely N-dealkylation sites (tertiary alicyclic amines) is 1. The van der Waals surface area contributed by atoms with Crippen LogP contribution in [0.3, 0.4) is 0 Å². The number of carbonyl (C=O) groups excluding carboxylic acids is 1. The molecule has 0 spiro atoms. The molecule has 1 aromatic heterocycles. The molecule has 5 nitrogen and oxygen atoms in total. The van der Waals surface area contributed by atoms with Gasteiger partial charge >= 0.3 is 5.97 Å². The molecular weight excluding hydrogens is 251 g/mol. The van der Waals surface area contributed by atoms with Crippen LogP contribution in [0.25, 0.3) is 0 Å². The Hall–Kier alpha value is -1.98. The molecule has 1 saturated heterocycles. The molecule has 1 amide bonds. The van der Waals surface area contributed by atoms with Crippen molar-refractivity contribution in [3.05, 3.63) is 29.8 Å². The lowest BCUT2D eigenvalue weighted by Crippen LogP contribution is -2.44. The van der Waals surface area contributed by atoms with Crippen LogP contribution in [0.1, 0.15) is 36.0 Å². The predicted molar refractivity (Wildman–Crippen MR) is 65.1 cm³/mol. The average molecular weight is 266 g/mol.